The lowest BCUT2D eigenvalue weighted by Gasteiger charge is -2.13. The first kappa shape index (κ1) is 13.9. The molecule has 0 bridgehead atoms. The fraction of sp³-hybridized carbons (Fsp3) is 0.188. The van der Waals surface area contributed by atoms with Crippen LogP contribution in [0.1, 0.15) is 27.0 Å². The van der Waals surface area contributed by atoms with Crippen molar-refractivity contribution in [2.24, 2.45) is 5.73 Å². The molecule has 2 aromatic rings. The highest BCUT2D eigenvalue weighted by Gasteiger charge is 2.07. The Morgan fingerprint density at radius 3 is 2.35 bits per heavy atom. The zero-order valence-electron chi connectivity index (χ0n) is 11.6. The summed E-state index contributed by atoms with van der Waals surface area (Å²) in [5, 5.41) is 0. The van der Waals surface area contributed by atoms with Gasteiger partial charge in [0.15, 0.2) is 0 Å². The van der Waals surface area contributed by atoms with E-state index in [1.807, 2.05) is 38.1 Å². The molecule has 0 heterocycles. The van der Waals surface area contributed by atoms with Crippen LogP contribution in [0.25, 0.3) is 0 Å². The molecule has 2 rings (SSSR count). The standard InChI is InChI=1S/C16H18N2O2/c1-10-3-8-14(17)11(2)15(10)20-9-12-4-6-13(7-5-12)16(18)19/h3-8H,9,17H2,1-2H3,(H2,18,19). The molecule has 0 aliphatic rings. The van der Waals surface area contributed by atoms with Gasteiger partial charge in [0, 0.05) is 16.8 Å². The molecule has 0 saturated heterocycles. The smallest absolute Gasteiger partial charge is 0.248 e. The van der Waals surface area contributed by atoms with Crippen LogP contribution in [-0.4, -0.2) is 5.91 Å². The summed E-state index contributed by atoms with van der Waals surface area (Å²) in [6.45, 7) is 4.34. The summed E-state index contributed by atoms with van der Waals surface area (Å²) in [6.07, 6.45) is 0. The first-order valence-electron chi connectivity index (χ1n) is 6.36. The number of primary amides is 1. The summed E-state index contributed by atoms with van der Waals surface area (Å²) in [6, 6.07) is 10.9. The number of nitrogen functional groups attached to an aromatic ring is 1. The number of carbonyl (C=O) groups is 1. The summed E-state index contributed by atoms with van der Waals surface area (Å²) in [4.78, 5) is 11.0. The third-order valence-corrected chi connectivity index (χ3v) is 3.27. The van der Waals surface area contributed by atoms with E-state index in [0.29, 0.717) is 12.2 Å². The minimum absolute atomic E-state index is 0.421. The summed E-state index contributed by atoms with van der Waals surface area (Å²) >= 11 is 0. The number of carbonyl (C=O) groups excluding carboxylic acids is 1. The molecule has 0 aliphatic heterocycles. The molecule has 4 nitrogen and oxygen atoms in total. The average molecular weight is 270 g/mol. The highest BCUT2D eigenvalue weighted by molar-refractivity contribution is 5.92. The highest BCUT2D eigenvalue weighted by Crippen LogP contribution is 2.28. The maximum absolute atomic E-state index is 11.0. The average Bonchev–Trinajstić information content (AvgIpc) is 2.43. The largest absolute Gasteiger partial charge is 0.488 e. The minimum atomic E-state index is -0.431. The van der Waals surface area contributed by atoms with Crippen molar-refractivity contribution in [3.63, 3.8) is 0 Å². The number of aryl methyl sites for hydroxylation is 1. The summed E-state index contributed by atoms with van der Waals surface area (Å²) < 4.78 is 5.84. The van der Waals surface area contributed by atoms with E-state index in [2.05, 4.69) is 0 Å². The Kier molecular flexibility index (Phi) is 3.94. The normalized spacial score (nSPS) is 10.3. The molecule has 0 spiro atoms. The molecule has 4 N–H and O–H groups in total. The van der Waals surface area contributed by atoms with Crippen LogP contribution in [-0.2, 0) is 6.61 Å². The molecule has 104 valence electrons. The van der Waals surface area contributed by atoms with E-state index in [-0.39, 0.29) is 0 Å². The molecule has 20 heavy (non-hydrogen) atoms. The van der Waals surface area contributed by atoms with E-state index in [1.54, 1.807) is 12.1 Å². The maximum atomic E-state index is 11.0. The molecular formula is C16H18N2O2. The van der Waals surface area contributed by atoms with E-state index in [4.69, 9.17) is 16.2 Å². The first-order chi connectivity index (χ1) is 9.49. The van der Waals surface area contributed by atoms with Crippen LogP contribution >= 0.6 is 0 Å². The SMILES string of the molecule is Cc1ccc(N)c(C)c1OCc1ccc(C(N)=O)cc1. The third kappa shape index (κ3) is 2.91. The number of ether oxygens (including phenoxy) is 1. The zero-order valence-corrected chi connectivity index (χ0v) is 11.6. The fourth-order valence-electron chi connectivity index (χ4n) is 1.99. The van der Waals surface area contributed by atoms with Gasteiger partial charge in [-0.05, 0) is 43.2 Å². The Morgan fingerprint density at radius 2 is 1.75 bits per heavy atom. The topological polar surface area (TPSA) is 78.3 Å². The molecule has 0 aliphatic carbocycles. The monoisotopic (exact) mass is 270 g/mol. The van der Waals surface area contributed by atoms with Crippen molar-refractivity contribution in [1.29, 1.82) is 0 Å². The predicted molar refractivity (Wildman–Crippen MR) is 79.6 cm³/mol. The Balaban J connectivity index is 2.13. The molecule has 1 amide bonds. The van der Waals surface area contributed by atoms with E-state index >= 15 is 0 Å². The number of benzene rings is 2. The number of rotatable bonds is 4. The predicted octanol–water partition coefficient (Wildman–Crippen LogP) is 2.56. The summed E-state index contributed by atoms with van der Waals surface area (Å²) in [5.74, 6) is 0.379. The minimum Gasteiger partial charge on any atom is -0.488 e. The van der Waals surface area contributed by atoms with Gasteiger partial charge in [-0.3, -0.25) is 4.79 Å². The second-order valence-electron chi connectivity index (χ2n) is 4.78. The zero-order chi connectivity index (χ0) is 14.7. The van der Waals surface area contributed by atoms with Crippen LogP contribution in [0.15, 0.2) is 36.4 Å². The van der Waals surface area contributed by atoms with Crippen LogP contribution in [0.3, 0.4) is 0 Å². The van der Waals surface area contributed by atoms with Gasteiger partial charge in [-0.25, -0.2) is 0 Å². The highest BCUT2D eigenvalue weighted by atomic mass is 16.5. The molecule has 0 atom stereocenters. The fourth-order valence-corrected chi connectivity index (χ4v) is 1.99. The van der Waals surface area contributed by atoms with Gasteiger partial charge in [0.1, 0.15) is 12.4 Å². The van der Waals surface area contributed by atoms with Crippen molar-refractivity contribution in [2.75, 3.05) is 5.73 Å². The van der Waals surface area contributed by atoms with Crippen molar-refractivity contribution in [3.8, 4) is 5.75 Å². The first-order valence-corrected chi connectivity index (χ1v) is 6.36. The van der Waals surface area contributed by atoms with E-state index < -0.39 is 5.91 Å². The Bertz CT molecular complexity index is 634. The lowest BCUT2D eigenvalue weighted by atomic mass is 10.1. The van der Waals surface area contributed by atoms with E-state index in [0.717, 1.165) is 28.1 Å². The van der Waals surface area contributed by atoms with Crippen molar-refractivity contribution >= 4 is 11.6 Å². The summed E-state index contributed by atoms with van der Waals surface area (Å²) in [5.41, 5.74) is 15.2. The van der Waals surface area contributed by atoms with Crippen LogP contribution in [0, 0.1) is 13.8 Å². The van der Waals surface area contributed by atoms with Crippen LogP contribution in [0.2, 0.25) is 0 Å². The number of nitrogens with two attached hydrogens (primary N) is 2. The Hall–Kier alpha value is -2.49. The Labute approximate surface area is 118 Å². The lowest BCUT2D eigenvalue weighted by Crippen LogP contribution is -2.10. The van der Waals surface area contributed by atoms with Crippen molar-refractivity contribution in [3.05, 3.63) is 58.7 Å². The van der Waals surface area contributed by atoms with Crippen LogP contribution in [0.4, 0.5) is 5.69 Å². The van der Waals surface area contributed by atoms with Gasteiger partial charge < -0.3 is 16.2 Å². The molecule has 0 aromatic heterocycles. The molecule has 4 heteroatoms. The summed E-state index contributed by atoms with van der Waals surface area (Å²) in [7, 11) is 0. The number of amides is 1. The van der Waals surface area contributed by atoms with Crippen molar-refractivity contribution in [1.82, 2.24) is 0 Å². The van der Waals surface area contributed by atoms with Crippen LogP contribution < -0.4 is 16.2 Å². The molecule has 0 saturated carbocycles. The lowest BCUT2D eigenvalue weighted by molar-refractivity contribution is 0.1000. The Morgan fingerprint density at radius 1 is 1.10 bits per heavy atom. The number of hydrogen-bond donors (Lipinski definition) is 2. The van der Waals surface area contributed by atoms with Gasteiger partial charge in [-0.2, -0.15) is 0 Å². The van der Waals surface area contributed by atoms with E-state index in [1.165, 1.54) is 0 Å². The van der Waals surface area contributed by atoms with Gasteiger partial charge in [0.25, 0.3) is 0 Å². The van der Waals surface area contributed by atoms with Gasteiger partial charge >= 0.3 is 0 Å². The third-order valence-electron chi connectivity index (χ3n) is 3.27. The quantitative estimate of drug-likeness (QED) is 0.838. The van der Waals surface area contributed by atoms with Gasteiger partial charge in [0.05, 0.1) is 0 Å². The molecular weight excluding hydrogens is 252 g/mol. The van der Waals surface area contributed by atoms with Gasteiger partial charge in [-0.1, -0.05) is 18.2 Å². The molecule has 0 radical (unpaired) electrons. The van der Waals surface area contributed by atoms with Gasteiger partial charge in [0.2, 0.25) is 5.91 Å². The van der Waals surface area contributed by atoms with Crippen molar-refractivity contribution < 1.29 is 9.53 Å². The number of anilines is 1. The number of hydrogen-bond acceptors (Lipinski definition) is 3. The van der Waals surface area contributed by atoms with Crippen molar-refractivity contribution in [2.45, 2.75) is 20.5 Å². The van der Waals surface area contributed by atoms with Crippen LogP contribution in [0.5, 0.6) is 5.75 Å². The second-order valence-corrected chi connectivity index (χ2v) is 4.78. The van der Waals surface area contributed by atoms with E-state index in [9.17, 15) is 4.79 Å². The van der Waals surface area contributed by atoms with Gasteiger partial charge in [-0.15, -0.1) is 0 Å². The second kappa shape index (κ2) is 5.65. The molecule has 2 aromatic carbocycles. The molecule has 0 unspecified atom stereocenters. The molecule has 0 fully saturated rings. The maximum Gasteiger partial charge on any atom is 0.248 e.